The van der Waals surface area contributed by atoms with Gasteiger partial charge in [0.1, 0.15) is 17.8 Å². The van der Waals surface area contributed by atoms with E-state index in [0.717, 1.165) is 22.3 Å². The Balaban J connectivity index is 1.66. The van der Waals surface area contributed by atoms with Gasteiger partial charge in [0.25, 0.3) is 0 Å². The molecule has 6 nitrogen and oxygen atoms in total. The van der Waals surface area contributed by atoms with Gasteiger partial charge in [-0.2, -0.15) is 0 Å². The normalized spacial score (nSPS) is 12.1. The van der Waals surface area contributed by atoms with Crippen molar-refractivity contribution in [2.75, 3.05) is 7.11 Å². The van der Waals surface area contributed by atoms with E-state index in [-0.39, 0.29) is 18.5 Å². The fraction of sp³-hybridized carbons (Fsp3) is 0.235. The first-order valence-electron chi connectivity index (χ1n) is 7.39. The predicted octanol–water partition coefficient (Wildman–Crippen LogP) is 2.32. The number of rotatable bonds is 5. The average molecular weight is 310 g/mol. The summed E-state index contributed by atoms with van der Waals surface area (Å²) in [7, 11) is 1.63. The number of nitrogens with one attached hydrogen (secondary N) is 1. The Bertz CT molecular complexity index is 811. The fourth-order valence-electron chi connectivity index (χ4n) is 2.43. The lowest BCUT2D eigenvalue weighted by atomic mass is 10.1. The van der Waals surface area contributed by atoms with Gasteiger partial charge in [-0.1, -0.05) is 29.5 Å². The van der Waals surface area contributed by atoms with Crippen molar-refractivity contribution in [1.82, 2.24) is 20.3 Å². The Morgan fingerprint density at radius 1 is 1.22 bits per heavy atom. The summed E-state index contributed by atoms with van der Waals surface area (Å²) >= 11 is 0. The molecule has 0 saturated carbocycles. The molecular formula is C17H18N4O2. The van der Waals surface area contributed by atoms with Crippen LogP contribution in [0.5, 0.6) is 5.75 Å². The van der Waals surface area contributed by atoms with Crippen molar-refractivity contribution in [3.63, 3.8) is 0 Å². The summed E-state index contributed by atoms with van der Waals surface area (Å²) in [4.78, 5) is 12.2. The maximum atomic E-state index is 12.2. The first kappa shape index (κ1) is 15.0. The van der Waals surface area contributed by atoms with Crippen molar-refractivity contribution < 1.29 is 9.53 Å². The number of para-hydroxylation sites is 1. The smallest absolute Gasteiger partial charge is 0.242 e. The summed E-state index contributed by atoms with van der Waals surface area (Å²) in [6.07, 6.45) is 0. The number of hydrogen-bond donors (Lipinski definition) is 1. The lowest BCUT2D eigenvalue weighted by Gasteiger charge is -2.15. The van der Waals surface area contributed by atoms with Crippen LogP contribution in [0.1, 0.15) is 18.5 Å². The summed E-state index contributed by atoms with van der Waals surface area (Å²) in [5.74, 6) is 0.685. The molecule has 0 bridgehead atoms. The number of hydrogen-bond acceptors (Lipinski definition) is 4. The van der Waals surface area contributed by atoms with Crippen molar-refractivity contribution in [3.8, 4) is 5.75 Å². The molecule has 1 amide bonds. The Labute approximate surface area is 134 Å². The van der Waals surface area contributed by atoms with Crippen LogP contribution in [-0.2, 0) is 11.3 Å². The molecule has 3 rings (SSSR count). The zero-order valence-electron chi connectivity index (χ0n) is 13.1. The molecule has 0 fully saturated rings. The molecule has 0 radical (unpaired) electrons. The highest BCUT2D eigenvalue weighted by Gasteiger charge is 2.12. The van der Waals surface area contributed by atoms with Crippen molar-refractivity contribution in [2.45, 2.75) is 19.5 Å². The molecule has 0 saturated heterocycles. The van der Waals surface area contributed by atoms with Crippen LogP contribution in [0, 0.1) is 0 Å². The first-order chi connectivity index (χ1) is 11.2. The number of fused-ring (bicyclic) bond motifs is 1. The summed E-state index contributed by atoms with van der Waals surface area (Å²) in [6, 6.07) is 15.1. The average Bonchev–Trinajstić information content (AvgIpc) is 2.98. The third kappa shape index (κ3) is 3.31. The lowest BCUT2D eigenvalue weighted by molar-refractivity contribution is -0.122. The molecule has 0 aliphatic carbocycles. The molecule has 2 aromatic carbocycles. The molecule has 0 spiro atoms. The lowest BCUT2D eigenvalue weighted by Crippen LogP contribution is -2.30. The highest BCUT2D eigenvalue weighted by Crippen LogP contribution is 2.17. The van der Waals surface area contributed by atoms with Crippen molar-refractivity contribution in [1.29, 1.82) is 0 Å². The molecule has 1 N–H and O–H groups in total. The standard InChI is InChI=1S/C17H18N4O2/c1-12(13-7-9-14(23-2)10-8-13)18-17(22)11-21-16-6-4-3-5-15(16)19-20-21/h3-10,12H,11H2,1-2H3,(H,18,22). The molecule has 1 unspecified atom stereocenters. The third-order valence-corrected chi connectivity index (χ3v) is 3.71. The molecular weight excluding hydrogens is 292 g/mol. The summed E-state index contributed by atoms with van der Waals surface area (Å²) in [5, 5.41) is 11.0. The predicted molar refractivity (Wildman–Crippen MR) is 87.1 cm³/mol. The zero-order valence-corrected chi connectivity index (χ0v) is 13.1. The van der Waals surface area contributed by atoms with Crippen molar-refractivity contribution >= 4 is 16.9 Å². The maximum absolute atomic E-state index is 12.2. The van der Waals surface area contributed by atoms with Crippen LogP contribution in [0.3, 0.4) is 0 Å². The SMILES string of the molecule is COc1ccc(C(C)NC(=O)Cn2nnc3ccccc32)cc1. The fourth-order valence-corrected chi connectivity index (χ4v) is 2.43. The number of aromatic nitrogens is 3. The van der Waals surface area contributed by atoms with Gasteiger partial charge in [0.05, 0.1) is 18.7 Å². The second-order valence-corrected chi connectivity index (χ2v) is 5.30. The van der Waals surface area contributed by atoms with Gasteiger partial charge in [0, 0.05) is 0 Å². The van der Waals surface area contributed by atoms with E-state index in [1.165, 1.54) is 0 Å². The highest BCUT2D eigenvalue weighted by molar-refractivity contribution is 5.80. The number of benzene rings is 2. The van der Waals surface area contributed by atoms with E-state index in [2.05, 4.69) is 15.6 Å². The van der Waals surface area contributed by atoms with Crippen molar-refractivity contribution in [3.05, 3.63) is 54.1 Å². The Kier molecular flexibility index (Phi) is 4.23. The minimum absolute atomic E-state index is 0.0943. The molecule has 0 aliphatic heterocycles. The minimum Gasteiger partial charge on any atom is -0.497 e. The van der Waals surface area contributed by atoms with Gasteiger partial charge in [0.2, 0.25) is 5.91 Å². The van der Waals surface area contributed by atoms with E-state index < -0.39 is 0 Å². The molecule has 1 aromatic heterocycles. The first-order valence-corrected chi connectivity index (χ1v) is 7.39. The van der Waals surface area contributed by atoms with Gasteiger partial charge in [-0.25, -0.2) is 4.68 Å². The Morgan fingerprint density at radius 3 is 2.70 bits per heavy atom. The number of carbonyl (C=O) groups excluding carboxylic acids is 1. The maximum Gasteiger partial charge on any atom is 0.242 e. The topological polar surface area (TPSA) is 69.0 Å². The third-order valence-electron chi connectivity index (χ3n) is 3.71. The monoisotopic (exact) mass is 310 g/mol. The quantitative estimate of drug-likeness (QED) is 0.785. The van der Waals surface area contributed by atoms with Crippen LogP contribution < -0.4 is 10.1 Å². The van der Waals surface area contributed by atoms with Crippen LogP contribution in [0.15, 0.2) is 48.5 Å². The second-order valence-electron chi connectivity index (χ2n) is 5.30. The van der Waals surface area contributed by atoms with Gasteiger partial charge in [-0.15, -0.1) is 5.10 Å². The zero-order chi connectivity index (χ0) is 16.2. The van der Waals surface area contributed by atoms with Crippen LogP contribution in [0.25, 0.3) is 11.0 Å². The number of nitrogens with zero attached hydrogens (tertiary/aromatic N) is 3. The Morgan fingerprint density at radius 2 is 1.96 bits per heavy atom. The largest absolute Gasteiger partial charge is 0.497 e. The van der Waals surface area contributed by atoms with Gasteiger partial charge >= 0.3 is 0 Å². The van der Waals surface area contributed by atoms with E-state index in [0.29, 0.717) is 0 Å². The number of methoxy groups -OCH3 is 1. The van der Waals surface area contributed by atoms with E-state index in [9.17, 15) is 4.79 Å². The number of carbonyl (C=O) groups is 1. The molecule has 1 heterocycles. The van der Waals surface area contributed by atoms with E-state index in [1.807, 2.05) is 55.5 Å². The van der Waals surface area contributed by atoms with Gasteiger partial charge < -0.3 is 10.1 Å². The number of amides is 1. The highest BCUT2D eigenvalue weighted by atomic mass is 16.5. The van der Waals surface area contributed by atoms with E-state index in [1.54, 1.807) is 11.8 Å². The Hall–Kier alpha value is -2.89. The summed E-state index contributed by atoms with van der Waals surface area (Å²) in [6.45, 7) is 2.08. The van der Waals surface area contributed by atoms with Crippen LogP contribution in [0.2, 0.25) is 0 Å². The van der Waals surface area contributed by atoms with Crippen LogP contribution >= 0.6 is 0 Å². The van der Waals surface area contributed by atoms with Gasteiger partial charge in [-0.05, 0) is 36.8 Å². The van der Waals surface area contributed by atoms with E-state index in [4.69, 9.17) is 4.74 Å². The molecule has 118 valence electrons. The van der Waals surface area contributed by atoms with Crippen LogP contribution in [0.4, 0.5) is 0 Å². The van der Waals surface area contributed by atoms with E-state index >= 15 is 0 Å². The minimum atomic E-state index is -0.107. The molecule has 3 aromatic rings. The summed E-state index contributed by atoms with van der Waals surface area (Å²) in [5.41, 5.74) is 2.64. The van der Waals surface area contributed by atoms with Gasteiger partial charge in [-0.3, -0.25) is 4.79 Å². The molecule has 23 heavy (non-hydrogen) atoms. The molecule has 1 atom stereocenters. The van der Waals surface area contributed by atoms with Crippen molar-refractivity contribution in [2.24, 2.45) is 0 Å². The molecule has 6 heteroatoms. The molecule has 0 aliphatic rings. The second kappa shape index (κ2) is 6.48. The summed E-state index contributed by atoms with van der Waals surface area (Å²) < 4.78 is 6.74. The number of ether oxygens (including phenoxy) is 1. The van der Waals surface area contributed by atoms with Gasteiger partial charge in [0.15, 0.2) is 0 Å². The van der Waals surface area contributed by atoms with Crippen LogP contribution in [-0.4, -0.2) is 28.0 Å².